The molecule has 1 aliphatic heterocycles. The smallest absolute Gasteiger partial charge is 0.254 e. The third-order valence-corrected chi connectivity index (χ3v) is 8.05. The van der Waals surface area contributed by atoms with E-state index in [-0.39, 0.29) is 23.7 Å². The third-order valence-electron chi connectivity index (χ3n) is 7.82. The second kappa shape index (κ2) is 7.77. The fourth-order valence-electron chi connectivity index (χ4n) is 6.32. The van der Waals surface area contributed by atoms with Crippen LogP contribution in [0, 0.1) is 18.8 Å². The van der Waals surface area contributed by atoms with Crippen LogP contribution in [0.15, 0.2) is 88.4 Å². The first-order chi connectivity index (χ1) is 17.5. The highest BCUT2D eigenvalue weighted by atomic mass is 35.5. The van der Waals surface area contributed by atoms with Crippen LogP contribution in [0.3, 0.4) is 0 Å². The summed E-state index contributed by atoms with van der Waals surface area (Å²) in [5.74, 6) is -0.607. The molecule has 6 heteroatoms. The van der Waals surface area contributed by atoms with Gasteiger partial charge in [0.15, 0.2) is 0 Å². The molecule has 8 rings (SSSR count). The van der Waals surface area contributed by atoms with E-state index in [2.05, 4.69) is 29.4 Å². The number of benzene rings is 3. The van der Waals surface area contributed by atoms with Gasteiger partial charge in [-0.3, -0.25) is 9.59 Å². The van der Waals surface area contributed by atoms with E-state index in [0.717, 1.165) is 38.4 Å². The van der Waals surface area contributed by atoms with E-state index in [0.29, 0.717) is 16.5 Å². The first-order valence-corrected chi connectivity index (χ1v) is 12.4. The van der Waals surface area contributed by atoms with Gasteiger partial charge in [0.1, 0.15) is 11.5 Å². The average molecular weight is 493 g/mol. The first-order valence-electron chi connectivity index (χ1n) is 12.0. The van der Waals surface area contributed by atoms with Crippen molar-refractivity contribution < 1.29 is 14.0 Å². The van der Waals surface area contributed by atoms with E-state index in [1.165, 1.54) is 6.21 Å². The molecule has 2 bridgehead atoms. The van der Waals surface area contributed by atoms with Crippen LogP contribution in [-0.4, -0.2) is 23.0 Å². The molecule has 1 fully saturated rings. The predicted octanol–water partition coefficient (Wildman–Crippen LogP) is 6.13. The van der Waals surface area contributed by atoms with Gasteiger partial charge in [0.2, 0.25) is 0 Å². The Morgan fingerprint density at radius 3 is 1.92 bits per heavy atom. The van der Waals surface area contributed by atoms with Crippen LogP contribution in [0.25, 0.3) is 11.3 Å². The molecule has 0 spiro atoms. The molecular weight excluding hydrogens is 472 g/mol. The number of furan rings is 1. The summed E-state index contributed by atoms with van der Waals surface area (Å²) in [6.07, 6.45) is 1.44. The summed E-state index contributed by atoms with van der Waals surface area (Å²) in [5.41, 5.74) is 6.47. The molecule has 4 aromatic rings. The Kier molecular flexibility index (Phi) is 4.60. The molecule has 3 aliphatic carbocycles. The zero-order chi connectivity index (χ0) is 24.6. The van der Waals surface area contributed by atoms with Gasteiger partial charge in [-0.25, -0.2) is 0 Å². The number of rotatable bonds is 3. The standard InChI is InChI=1S/C30H21ClN2O3/c1-16-10-11-17(31)14-23(16)24-13-12-18(36-24)15-32-33-29(34)27-25-19-6-2-3-7-20(19)26(28(27)30(33)35)22-9-5-4-8-21(22)25/h2-15,25-28H,1H3/b32-15-/t25?,26?,27-,28-/m1/s1. The maximum absolute atomic E-state index is 13.6. The number of nitrogens with zero attached hydrogens (tertiary/aromatic N) is 2. The van der Waals surface area contributed by atoms with Crippen molar-refractivity contribution in [2.24, 2.45) is 16.9 Å². The Bertz CT molecular complexity index is 1490. The molecule has 2 atom stereocenters. The molecule has 1 aromatic heterocycles. The maximum Gasteiger partial charge on any atom is 0.254 e. The molecule has 2 amide bonds. The highest BCUT2D eigenvalue weighted by Crippen LogP contribution is 2.60. The van der Waals surface area contributed by atoms with Crippen LogP contribution in [0.4, 0.5) is 0 Å². The molecule has 0 saturated carbocycles. The lowest BCUT2D eigenvalue weighted by molar-refractivity contribution is -0.139. The number of carbonyl (C=O) groups excluding carboxylic acids is 2. The van der Waals surface area contributed by atoms with Crippen molar-refractivity contribution in [3.8, 4) is 11.3 Å². The van der Waals surface area contributed by atoms with Crippen LogP contribution in [0.5, 0.6) is 0 Å². The van der Waals surface area contributed by atoms with Crippen molar-refractivity contribution >= 4 is 29.6 Å². The zero-order valence-corrected chi connectivity index (χ0v) is 20.1. The highest BCUT2D eigenvalue weighted by molar-refractivity contribution is 6.30. The van der Waals surface area contributed by atoms with Crippen LogP contribution in [0.2, 0.25) is 5.02 Å². The second-order valence-electron chi connectivity index (χ2n) is 9.66. The van der Waals surface area contributed by atoms with Gasteiger partial charge in [-0.15, -0.1) is 0 Å². The van der Waals surface area contributed by atoms with Crippen molar-refractivity contribution in [2.75, 3.05) is 0 Å². The summed E-state index contributed by atoms with van der Waals surface area (Å²) in [6, 6.07) is 25.6. The minimum absolute atomic E-state index is 0.148. The molecule has 4 aliphatic rings. The molecule has 0 radical (unpaired) electrons. The fraction of sp³-hybridized carbons (Fsp3) is 0.167. The van der Waals surface area contributed by atoms with E-state index in [1.54, 1.807) is 6.07 Å². The minimum Gasteiger partial charge on any atom is -0.455 e. The van der Waals surface area contributed by atoms with Crippen LogP contribution in [-0.2, 0) is 9.59 Å². The van der Waals surface area contributed by atoms with Gasteiger partial charge in [0.25, 0.3) is 11.8 Å². The molecule has 36 heavy (non-hydrogen) atoms. The monoisotopic (exact) mass is 492 g/mol. The number of hydrazone groups is 1. The number of halogens is 1. The minimum atomic E-state index is -0.453. The van der Waals surface area contributed by atoms with Gasteiger partial charge in [0.05, 0.1) is 18.1 Å². The zero-order valence-electron chi connectivity index (χ0n) is 19.4. The molecule has 5 nitrogen and oxygen atoms in total. The van der Waals surface area contributed by atoms with Gasteiger partial charge in [0, 0.05) is 22.4 Å². The van der Waals surface area contributed by atoms with E-state index in [1.807, 2.05) is 55.5 Å². The summed E-state index contributed by atoms with van der Waals surface area (Å²) in [5, 5.41) is 6.01. The van der Waals surface area contributed by atoms with E-state index in [9.17, 15) is 9.59 Å². The van der Waals surface area contributed by atoms with E-state index < -0.39 is 11.8 Å². The van der Waals surface area contributed by atoms with Crippen molar-refractivity contribution in [1.82, 2.24) is 5.01 Å². The Hall–Kier alpha value is -3.96. The lowest BCUT2D eigenvalue weighted by Crippen LogP contribution is -2.41. The average Bonchev–Trinajstić information content (AvgIpc) is 3.47. The van der Waals surface area contributed by atoms with Crippen molar-refractivity contribution in [3.05, 3.63) is 117 Å². The van der Waals surface area contributed by atoms with Crippen LogP contribution in [0.1, 0.15) is 45.4 Å². The third kappa shape index (κ3) is 2.93. The number of hydrogen-bond acceptors (Lipinski definition) is 4. The van der Waals surface area contributed by atoms with Gasteiger partial charge in [-0.2, -0.15) is 10.1 Å². The second-order valence-corrected chi connectivity index (χ2v) is 10.1. The Balaban J connectivity index is 1.24. The fourth-order valence-corrected chi connectivity index (χ4v) is 6.49. The quantitative estimate of drug-likeness (QED) is 0.255. The Morgan fingerprint density at radius 1 is 0.806 bits per heavy atom. The van der Waals surface area contributed by atoms with Crippen LogP contribution >= 0.6 is 11.6 Å². The molecule has 1 saturated heterocycles. The lowest BCUT2D eigenvalue weighted by Gasteiger charge is -2.45. The van der Waals surface area contributed by atoms with E-state index >= 15 is 0 Å². The summed E-state index contributed by atoms with van der Waals surface area (Å²) in [7, 11) is 0. The molecule has 176 valence electrons. The molecule has 0 unspecified atom stereocenters. The summed E-state index contributed by atoms with van der Waals surface area (Å²) < 4.78 is 5.95. The maximum atomic E-state index is 13.6. The molecule has 0 N–H and O–H groups in total. The van der Waals surface area contributed by atoms with Gasteiger partial charge in [-0.05, 0) is 59.0 Å². The van der Waals surface area contributed by atoms with E-state index in [4.69, 9.17) is 16.0 Å². The van der Waals surface area contributed by atoms with Gasteiger partial charge in [-0.1, -0.05) is 66.2 Å². The van der Waals surface area contributed by atoms with Gasteiger partial charge < -0.3 is 4.42 Å². The number of imide groups is 1. The number of hydrogen-bond donors (Lipinski definition) is 0. The van der Waals surface area contributed by atoms with Crippen molar-refractivity contribution in [1.29, 1.82) is 0 Å². The first kappa shape index (κ1) is 21.3. The number of amides is 2. The Labute approximate surface area is 213 Å². The largest absolute Gasteiger partial charge is 0.455 e. The highest BCUT2D eigenvalue weighted by Gasteiger charge is 2.61. The SMILES string of the molecule is Cc1ccc(Cl)cc1-c1ccc(/C=N\N2C(=O)[C@@H]3C4c5ccccc5C(c5ccccc54)[C@H]3C2=O)o1. The summed E-state index contributed by atoms with van der Waals surface area (Å²) >= 11 is 6.16. The predicted molar refractivity (Wildman–Crippen MR) is 137 cm³/mol. The van der Waals surface area contributed by atoms with Crippen molar-refractivity contribution in [3.63, 3.8) is 0 Å². The number of carbonyl (C=O) groups is 2. The molecule has 3 aromatic carbocycles. The van der Waals surface area contributed by atoms with Gasteiger partial charge >= 0.3 is 0 Å². The lowest BCUT2D eigenvalue weighted by atomic mass is 9.55. The number of aryl methyl sites for hydroxylation is 1. The molecule has 2 heterocycles. The summed E-state index contributed by atoms with van der Waals surface area (Å²) in [4.78, 5) is 27.3. The summed E-state index contributed by atoms with van der Waals surface area (Å²) in [6.45, 7) is 1.98. The normalized spacial score (nSPS) is 23.8. The van der Waals surface area contributed by atoms with Crippen molar-refractivity contribution in [2.45, 2.75) is 18.8 Å². The van der Waals surface area contributed by atoms with Crippen LogP contribution < -0.4 is 0 Å². The topological polar surface area (TPSA) is 62.9 Å². The Morgan fingerprint density at radius 2 is 1.36 bits per heavy atom. The molecular formula is C30H21ClN2O3.